The first kappa shape index (κ1) is 7.11. The van der Waals surface area contributed by atoms with Gasteiger partial charge >= 0.3 is 0 Å². The van der Waals surface area contributed by atoms with E-state index >= 15 is 0 Å². The molecule has 0 aliphatic heterocycles. The summed E-state index contributed by atoms with van der Waals surface area (Å²) in [6, 6.07) is 6.46. The number of aryl methyl sites for hydroxylation is 1. The molecule has 0 amide bonds. The van der Waals surface area contributed by atoms with Gasteiger partial charge in [0.2, 0.25) is 0 Å². The van der Waals surface area contributed by atoms with Crippen LogP contribution in [0.2, 0.25) is 0 Å². The largest absolute Gasteiger partial charge is 0.0617 e. The summed E-state index contributed by atoms with van der Waals surface area (Å²) in [7, 11) is 0. The zero-order chi connectivity index (χ0) is 7.84. The molecule has 0 atom stereocenters. The summed E-state index contributed by atoms with van der Waals surface area (Å²) in [6.45, 7) is 2.15. The van der Waals surface area contributed by atoms with Crippen LogP contribution in [-0.4, -0.2) is 0 Å². The number of fused-ring (bicyclic) bond motifs is 1. The van der Waals surface area contributed by atoms with Crippen molar-refractivity contribution in [1.29, 1.82) is 0 Å². The van der Waals surface area contributed by atoms with Gasteiger partial charge in [-0.25, -0.2) is 0 Å². The Labute approximate surface area is 75.1 Å². The van der Waals surface area contributed by atoms with Crippen molar-refractivity contribution in [2.24, 2.45) is 0 Å². The normalized spacial score (nSPS) is 14.5. The molecule has 0 saturated carbocycles. The molecule has 0 fully saturated rings. The van der Waals surface area contributed by atoms with Crippen LogP contribution in [0.5, 0.6) is 0 Å². The van der Waals surface area contributed by atoms with Crippen molar-refractivity contribution in [1.82, 2.24) is 0 Å². The van der Waals surface area contributed by atoms with Crippen molar-refractivity contribution in [3.63, 3.8) is 0 Å². The van der Waals surface area contributed by atoms with Crippen LogP contribution in [0.15, 0.2) is 22.7 Å². The smallest absolute Gasteiger partial charge is 0.00469 e. The molecule has 56 valence electrons. The highest BCUT2D eigenvalue weighted by molar-refractivity contribution is 9.11. The molecule has 0 saturated heterocycles. The topological polar surface area (TPSA) is 0 Å². The van der Waals surface area contributed by atoms with E-state index in [0.29, 0.717) is 0 Å². The monoisotopic (exact) mass is 208 g/mol. The van der Waals surface area contributed by atoms with Crippen LogP contribution >= 0.6 is 15.9 Å². The van der Waals surface area contributed by atoms with Gasteiger partial charge in [-0.2, -0.15) is 0 Å². The maximum Gasteiger partial charge on any atom is 0.00469 e. The first-order valence-electron chi connectivity index (χ1n) is 3.72. The summed E-state index contributed by atoms with van der Waals surface area (Å²) in [5.41, 5.74) is 4.22. The molecule has 0 spiro atoms. The van der Waals surface area contributed by atoms with Gasteiger partial charge in [0, 0.05) is 10.9 Å². The van der Waals surface area contributed by atoms with Crippen LogP contribution in [0.25, 0.3) is 6.08 Å². The number of rotatable bonds is 0. The fraction of sp³-hybridized carbons (Fsp3) is 0.200. The van der Waals surface area contributed by atoms with E-state index in [0.717, 1.165) is 6.42 Å². The summed E-state index contributed by atoms with van der Waals surface area (Å²) >= 11 is 3.51. The zero-order valence-electron chi connectivity index (χ0n) is 6.39. The van der Waals surface area contributed by atoms with Crippen molar-refractivity contribution in [3.05, 3.63) is 39.4 Å². The molecule has 1 aromatic carbocycles. The third kappa shape index (κ3) is 1.14. The van der Waals surface area contributed by atoms with Gasteiger partial charge in [0.15, 0.2) is 0 Å². The lowest BCUT2D eigenvalue weighted by Gasteiger charge is -2.00. The van der Waals surface area contributed by atoms with E-state index in [-0.39, 0.29) is 0 Å². The highest BCUT2D eigenvalue weighted by Crippen LogP contribution is 2.30. The number of halogens is 1. The number of allylic oxidation sites excluding steroid dienone is 1. The van der Waals surface area contributed by atoms with E-state index < -0.39 is 0 Å². The van der Waals surface area contributed by atoms with Crippen LogP contribution in [0.4, 0.5) is 0 Å². The Kier molecular flexibility index (Phi) is 1.61. The Morgan fingerprint density at radius 1 is 1.36 bits per heavy atom. The van der Waals surface area contributed by atoms with Crippen LogP contribution in [0.3, 0.4) is 0 Å². The van der Waals surface area contributed by atoms with E-state index in [1.54, 1.807) is 0 Å². The van der Waals surface area contributed by atoms with Gasteiger partial charge in [-0.1, -0.05) is 34.1 Å². The molecule has 1 heteroatoms. The minimum absolute atomic E-state index is 1.07. The van der Waals surface area contributed by atoms with E-state index in [2.05, 4.69) is 47.1 Å². The highest BCUT2D eigenvalue weighted by atomic mass is 79.9. The summed E-state index contributed by atoms with van der Waals surface area (Å²) < 4.78 is 1.29. The maximum absolute atomic E-state index is 3.51. The third-order valence-corrected chi connectivity index (χ3v) is 2.58. The lowest BCUT2D eigenvalue weighted by Crippen LogP contribution is -1.83. The SMILES string of the molecule is Cc1cccc2c1C=C(Br)C2. The Hall–Kier alpha value is -0.560. The van der Waals surface area contributed by atoms with Crippen molar-refractivity contribution in [3.8, 4) is 0 Å². The molecular formula is C10H9Br. The van der Waals surface area contributed by atoms with E-state index in [4.69, 9.17) is 0 Å². The van der Waals surface area contributed by atoms with Gasteiger partial charge in [-0.3, -0.25) is 0 Å². The average molecular weight is 209 g/mol. The van der Waals surface area contributed by atoms with Crippen LogP contribution < -0.4 is 0 Å². The van der Waals surface area contributed by atoms with Crippen molar-refractivity contribution in [2.45, 2.75) is 13.3 Å². The zero-order valence-corrected chi connectivity index (χ0v) is 7.98. The second-order valence-corrected chi connectivity index (χ2v) is 3.93. The summed E-state index contributed by atoms with van der Waals surface area (Å²) in [6.07, 6.45) is 3.28. The van der Waals surface area contributed by atoms with Crippen LogP contribution in [-0.2, 0) is 6.42 Å². The molecule has 0 unspecified atom stereocenters. The Morgan fingerprint density at radius 2 is 2.18 bits per heavy atom. The predicted molar refractivity (Wildman–Crippen MR) is 51.8 cm³/mol. The van der Waals surface area contributed by atoms with Gasteiger partial charge in [0.25, 0.3) is 0 Å². The molecule has 1 aromatic rings. The van der Waals surface area contributed by atoms with Crippen molar-refractivity contribution in [2.75, 3.05) is 0 Å². The molecule has 11 heavy (non-hydrogen) atoms. The molecule has 2 rings (SSSR count). The standard InChI is InChI=1S/C10H9Br/c1-7-3-2-4-8-5-9(11)6-10(7)8/h2-4,6H,5H2,1H3. The molecule has 0 aromatic heterocycles. The number of hydrogen-bond donors (Lipinski definition) is 0. The first-order valence-corrected chi connectivity index (χ1v) is 4.51. The van der Waals surface area contributed by atoms with Gasteiger partial charge < -0.3 is 0 Å². The predicted octanol–water partition coefficient (Wildman–Crippen LogP) is 3.29. The Morgan fingerprint density at radius 3 is 2.91 bits per heavy atom. The molecule has 1 aliphatic carbocycles. The number of hydrogen-bond acceptors (Lipinski definition) is 0. The second-order valence-electron chi connectivity index (χ2n) is 2.92. The van der Waals surface area contributed by atoms with Crippen molar-refractivity contribution >= 4 is 22.0 Å². The minimum atomic E-state index is 1.07. The van der Waals surface area contributed by atoms with Gasteiger partial charge in [0.05, 0.1) is 0 Å². The van der Waals surface area contributed by atoms with E-state index in [1.165, 1.54) is 21.2 Å². The summed E-state index contributed by atoms with van der Waals surface area (Å²) in [4.78, 5) is 0. The quantitative estimate of drug-likeness (QED) is 0.615. The maximum atomic E-state index is 3.51. The molecule has 1 aliphatic rings. The van der Waals surface area contributed by atoms with Gasteiger partial charge in [-0.15, -0.1) is 0 Å². The average Bonchev–Trinajstić information content (AvgIpc) is 2.31. The molecule has 0 bridgehead atoms. The summed E-state index contributed by atoms with van der Waals surface area (Å²) in [5, 5.41) is 0. The first-order chi connectivity index (χ1) is 5.27. The lowest BCUT2D eigenvalue weighted by molar-refractivity contribution is 1.27. The molecule has 0 heterocycles. The number of benzene rings is 1. The van der Waals surface area contributed by atoms with Gasteiger partial charge in [0.1, 0.15) is 0 Å². The van der Waals surface area contributed by atoms with Crippen LogP contribution in [0.1, 0.15) is 16.7 Å². The molecular weight excluding hydrogens is 200 g/mol. The van der Waals surface area contributed by atoms with E-state index in [9.17, 15) is 0 Å². The second kappa shape index (κ2) is 2.49. The Balaban J connectivity index is 2.61. The lowest BCUT2D eigenvalue weighted by atomic mass is 10.1. The van der Waals surface area contributed by atoms with Crippen LogP contribution in [0, 0.1) is 6.92 Å². The Bertz CT molecular complexity index is 324. The van der Waals surface area contributed by atoms with E-state index in [1.807, 2.05) is 0 Å². The summed E-state index contributed by atoms with van der Waals surface area (Å²) in [5.74, 6) is 0. The van der Waals surface area contributed by atoms with Gasteiger partial charge in [-0.05, 0) is 29.7 Å². The molecule has 0 nitrogen and oxygen atoms in total. The molecule has 0 N–H and O–H groups in total. The highest BCUT2D eigenvalue weighted by Gasteiger charge is 2.10. The fourth-order valence-electron chi connectivity index (χ4n) is 1.49. The minimum Gasteiger partial charge on any atom is -0.0617 e. The molecule has 0 radical (unpaired) electrons. The fourth-order valence-corrected chi connectivity index (χ4v) is 2.02. The van der Waals surface area contributed by atoms with Crippen molar-refractivity contribution < 1.29 is 0 Å². The third-order valence-electron chi connectivity index (χ3n) is 2.07.